The Morgan fingerprint density at radius 2 is 1.75 bits per heavy atom. The van der Waals surface area contributed by atoms with Crippen molar-refractivity contribution in [2.45, 2.75) is 58.5 Å². The summed E-state index contributed by atoms with van der Waals surface area (Å²) in [6.45, 7) is 7.64. The van der Waals surface area contributed by atoms with Gasteiger partial charge in [-0.25, -0.2) is 4.79 Å². The number of hydrogen-bond acceptors (Lipinski definition) is 2. The lowest BCUT2D eigenvalue weighted by molar-refractivity contribution is -0.134. The van der Waals surface area contributed by atoms with Crippen molar-refractivity contribution in [3.05, 3.63) is 65.2 Å². The first-order valence-corrected chi connectivity index (χ1v) is 11.7. The molecule has 2 fully saturated rings. The molecule has 0 aromatic heterocycles. The molecule has 5 nitrogen and oxygen atoms in total. The number of anilines is 1. The second kappa shape index (κ2) is 8.78. The van der Waals surface area contributed by atoms with Crippen LogP contribution in [0.4, 0.5) is 10.5 Å². The molecule has 2 aromatic rings. The van der Waals surface area contributed by atoms with E-state index < -0.39 is 12.1 Å². The predicted molar refractivity (Wildman–Crippen MR) is 129 cm³/mol. The number of urea groups is 1. The zero-order valence-corrected chi connectivity index (χ0v) is 19.8. The van der Waals surface area contributed by atoms with E-state index in [1.54, 1.807) is 24.3 Å². The van der Waals surface area contributed by atoms with Crippen LogP contribution >= 0.6 is 11.6 Å². The molecule has 32 heavy (non-hydrogen) atoms. The van der Waals surface area contributed by atoms with E-state index in [9.17, 15) is 9.59 Å². The van der Waals surface area contributed by atoms with E-state index in [-0.39, 0.29) is 22.8 Å². The molecular weight excluding hydrogens is 422 g/mol. The molecule has 2 bridgehead atoms. The summed E-state index contributed by atoms with van der Waals surface area (Å²) in [7, 11) is 0. The first kappa shape index (κ1) is 22.7. The van der Waals surface area contributed by atoms with Crippen molar-refractivity contribution in [2.75, 3.05) is 11.9 Å². The summed E-state index contributed by atoms with van der Waals surface area (Å²) in [5.74, 6) is 0.00605. The van der Waals surface area contributed by atoms with Crippen LogP contribution in [0.25, 0.3) is 0 Å². The highest BCUT2D eigenvalue weighted by Gasteiger charge is 2.51. The van der Waals surface area contributed by atoms with Gasteiger partial charge in [-0.15, -0.1) is 0 Å². The number of fused-ring (bicyclic) bond motifs is 2. The number of rotatable bonds is 5. The second-order valence-electron chi connectivity index (χ2n) is 10.5. The molecule has 170 valence electrons. The van der Waals surface area contributed by atoms with Crippen molar-refractivity contribution in [1.82, 2.24) is 10.2 Å². The zero-order chi connectivity index (χ0) is 22.9. The third kappa shape index (κ3) is 5.26. The van der Waals surface area contributed by atoms with Crippen LogP contribution in [-0.4, -0.2) is 35.5 Å². The highest BCUT2D eigenvalue weighted by molar-refractivity contribution is 6.30. The maximum absolute atomic E-state index is 13.7. The summed E-state index contributed by atoms with van der Waals surface area (Å²) in [5.41, 5.74) is 2.02. The summed E-state index contributed by atoms with van der Waals surface area (Å²) >= 11 is 5.93. The molecule has 1 aliphatic carbocycles. The van der Waals surface area contributed by atoms with Crippen LogP contribution in [0.3, 0.4) is 0 Å². The molecule has 1 aliphatic heterocycles. The third-order valence-electron chi connectivity index (χ3n) is 6.69. The summed E-state index contributed by atoms with van der Waals surface area (Å²) in [5, 5.41) is 6.36. The van der Waals surface area contributed by atoms with Crippen molar-refractivity contribution < 1.29 is 9.59 Å². The Morgan fingerprint density at radius 1 is 1.06 bits per heavy atom. The van der Waals surface area contributed by atoms with Crippen LogP contribution < -0.4 is 10.6 Å². The number of carbonyl (C=O) groups excluding carboxylic acids is 2. The quantitative estimate of drug-likeness (QED) is 0.627. The zero-order valence-electron chi connectivity index (χ0n) is 19.0. The molecular formula is C26H32ClN3O2. The van der Waals surface area contributed by atoms with E-state index in [0.717, 1.165) is 31.4 Å². The number of hydrogen-bond donors (Lipinski definition) is 2. The fourth-order valence-corrected chi connectivity index (χ4v) is 5.95. The van der Waals surface area contributed by atoms with Gasteiger partial charge in [-0.3, -0.25) is 4.79 Å². The van der Waals surface area contributed by atoms with Gasteiger partial charge in [0.25, 0.3) is 0 Å². The number of halogens is 1. The minimum absolute atomic E-state index is 0.00605. The SMILES string of the molecule is CC1(C)CC2CC(C)(CN2C(=O)C(Cc2ccccc2)NC(=O)Nc2ccc(Cl)cc2)C1. The predicted octanol–water partition coefficient (Wildman–Crippen LogP) is 5.50. The number of amides is 3. The summed E-state index contributed by atoms with van der Waals surface area (Å²) in [4.78, 5) is 28.6. The molecule has 0 radical (unpaired) electrons. The first-order valence-electron chi connectivity index (χ1n) is 11.3. The van der Waals surface area contributed by atoms with Gasteiger partial charge in [-0.1, -0.05) is 62.7 Å². The van der Waals surface area contributed by atoms with Gasteiger partial charge in [0.1, 0.15) is 6.04 Å². The second-order valence-corrected chi connectivity index (χ2v) is 11.0. The van der Waals surface area contributed by atoms with Crippen molar-refractivity contribution >= 4 is 29.2 Å². The van der Waals surface area contributed by atoms with Gasteiger partial charge >= 0.3 is 6.03 Å². The molecule has 3 atom stereocenters. The molecule has 3 unspecified atom stereocenters. The molecule has 4 rings (SSSR count). The molecule has 6 heteroatoms. The highest BCUT2D eigenvalue weighted by Crippen LogP contribution is 2.52. The van der Waals surface area contributed by atoms with Crippen LogP contribution in [0, 0.1) is 10.8 Å². The van der Waals surface area contributed by atoms with Gasteiger partial charge in [0.2, 0.25) is 5.91 Å². The summed E-state index contributed by atoms with van der Waals surface area (Å²) < 4.78 is 0. The van der Waals surface area contributed by atoms with E-state index >= 15 is 0 Å². The van der Waals surface area contributed by atoms with Crippen molar-refractivity contribution in [3.8, 4) is 0 Å². The van der Waals surface area contributed by atoms with E-state index in [2.05, 4.69) is 31.4 Å². The number of likely N-dealkylation sites (tertiary alicyclic amines) is 1. The molecule has 1 heterocycles. The number of carbonyl (C=O) groups is 2. The van der Waals surface area contributed by atoms with Gasteiger partial charge in [0.05, 0.1) is 0 Å². The summed E-state index contributed by atoms with van der Waals surface area (Å²) in [6.07, 6.45) is 3.62. The molecule has 2 aromatic carbocycles. The maximum Gasteiger partial charge on any atom is 0.319 e. The molecule has 0 spiro atoms. The van der Waals surface area contributed by atoms with E-state index in [1.165, 1.54) is 0 Å². The molecule has 1 saturated heterocycles. The average molecular weight is 454 g/mol. The fraction of sp³-hybridized carbons (Fsp3) is 0.462. The lowest BCUT2D eigenvalue weighted by atomic mass is 9.65. The monoisotopic (exact) mass is 453 g/mol. The van der Waals surface area contributed by atoms with Gasteiger partial charge < -0.3 is 15.5 Å². The Balaban J connectivity index is 1.52. The smallest absolute Gasteiger partial charge is 0.319 e. The largest absolute Gasteiger partial charge is 0.337 e. The van der Waals surface area contributed by atoms with Gasteiger partial charge in [-0.05, 0) is 59.9 Å². The van der Waals surface area contributed by atoms with Crippen molar-refractivity contribution in [1.29, 1.82) is 0 Å². The standard InChI is InChI=1S/C26H32ClN3O2/c1-25(2)14-21-15-26(3,16-25)17-30(21)23(31)22(13-18-7-5-4-6-8-18)29-24(32)28-20-11-9-19(27)10-12-20/h4-12,21-22H,13-17H2,1-3H3,(H2,28,29,32). The number of benzene rings is 2. The van der Waals surface area contributed by atoms with Gasteiger partial charge in [0, 0.05) is 29.7 Å². The Labute approximate surface area is 195 Å². The van der Waals surface area contributed by atoms with Crippen LogP contribution in [0.1, 0.15) is 45.6 Å². The Hall–Kier alpha value is -2.53. The van der Waals surface area contributed by atoms with Crippen LogP contribution in [0.15, 0.2) is 54.6 Å². The van der Waals surface area contributed by atoms with Crippen LogP contribution in [0.5, 0.6) is 0 Å². The van der Waals surface area contributed by atoms with Crippen molar-refractivity contribution in [3.63, 3.8) is 0 Å². The lowest BCUT2D eigenvalue weighted by Gasteiger charge is -2.39. The molecule has 1 saturated carbocycles. The van der Waals surface area contributed by atoms with Gasteiger partial charge in [-0.2, -0.15) is 0 Å². The minimum Gasteiger partial charge on any atom is -0.337 e. The van der Waals surface area contributed by atoms with E-state index in [4.69, 9.17) is 11.6 Å². The normalized spacial score (nSPS) is 24.6. The van der Waals surface area contributed by atoms with Gasteiger partial charge in [0.15, 0.2) is 0 Å². The first-order chi connectivity index (χ1) is 15.1. The topological polar surface area (TPSA) is 61.4 Å². The lowest BCUT2D eigenvalue weighted by Crippen LogP contribution is -2.52. The maximum atomic E-state index is 13.7. The number of nitrogens with one attached hydrogen (secondary N) is 2. The van der Waals surface area contributed by atoms with E-state index in [0.29, 0.717) is 17.1 Å². The van der Waals surface area contributed by atoms with Crippen LogP contribution in [-0.2, 0) is 11.2 Å². The molecule has 3 amide bonds. The summed E-state index contributed by atoms with van der Waals surface area (Å²) in [6, 6.07) is 16.0. The third-order valence-corrected chi connectivity index (χ3v) is 6.94. The Morgan fingerprint density at radius 3 is 2.44 bits per heavy atom. The fourth-order valence-electron chi connectivity index (χ4n) is 5.83. The average Bonchev–Trinajstić information content (AvgIpc) is 2.98. The Bertz CT molecular complexity index is 976. The van der Waals surface area contributed by atoms with Crippen molar-refractivity contribution in [2.24, 2.45) is 10.8 Å². The van der Waals surface area contributed by atoms with E-state index in [1.807, 2.05) is 35.2 Å². The molecule has 2 N–H and O–H groups in total. The van der Waals surface area contributed by atoms with Crippen LogP contribution in [0.2, 0.25) is 5.02 Å². The Kier molecular flexibility index (Phi) is 6.22. The minimum atomic E-state index is -0.629. The molecule has 2 aliphatic rings. The number of nitrogens with zero attached hydrogens (tertiary/aromatic N) is 1. The highest BCUT2D eigenvalue weighted by atomic mass is 35.5.